The third-order valence-corrected chi connectivity index (χ3v) is 3.90. The second-order valence-electron chi connectivity index (χ2n) is 4.10. The summed E-state index contributed by atoms with van der Waals surface area (Å²) in [4.78, 5) is 1.14. The molecule has 0 spiro atoms. The molecule has 0 unspecified atom stereocenters. The molecule has 2 aromatic carbocycles. The number of hydrogen-bond acceptors (Lipinski definition) is 3. The Morgan fingerprint density at radius 2 is 1.85 bits per heavy atom. The van der Waals surface area contributed by atoms with Gasteiger partial charge in [0.15, 0.2) is 0 Å². The zero-order valence-electron chi connectivity index (χ0n) is 11.4. The van der Waals surface area contributed by atoms with E-state index >= 15 is 0 Å². The molecule has 0 saturated carbocycles. The molecule has 0 fully saturated rings. The fourth-order valence-corrected chi connectivity index (χ4v) is 2.84. The summed E-state index contributed by atoms with van der Waals surface area (Å²) < 4.78 is 5.36. The summed E-state index contributed by atoms with van der Waals surface area (Å²) in [7, 11) is 1.69. The molecule has 2 rings (SSSR count). The van der Waals surface area contributed by atoms with Gasteiger partial charge in [0.05, 0.1) is 13.7 Å². The topological polar surface area (TPSA) is 35.2 Å². The first-order valence-corrected chi connectivity index (χ1v) is 7.36. The van der Waals surface area contributed by atoms with Crippen LogP contribution >= 0.6 is 11.8 Å². The van der Waals surface area contributed by atoms with Crippen LogP contribution in [0, 0.1) is 11.8 Å². The van der Waals surface area contributed by atoms with Crippen molar-refractivity contribution in [2.45, 2.75) is 10.6 Å². The summed E-state index contributed by atoms with van der Waals surface area (Å²) in [6.07, 6.45) is 0. The van der Waals surface area contributed by atoms with Crippen LogP contribution in [0.3, 0.4) is 0 Å². The van der Waals surface area contributed by atoms with Crippen LogP contribution in [-0.4, -0.2) is 13.7 Å². The molecule has 0 aliphatic heterocycles. The van der Waals surface area contributed by atoms with Crippen molar-refractivity contribution >= 4 is 11.8 Å². The number of hydrogen-bond donors (Lipinski definition) is 1. The lowest BCUT2D eigenvalue weighted by molar-refractivity contribution is 0.405. The minimum atomic E-state index is 0.383. The largest absolute Gasteiger partial charge is 0.496 e. The van der Waals surface area contributed by atoms with Gasteiger partial charge in [0.2, 0.25) is 0 Å². The molecule has 0 saturated heterocycles. The second-order valence-corrected chi connectivity index (χ2v) is 5.12. The standard InChI is InChI=1S/C17H17NOS/c1-19-16-10-4-5-11-17(16)20-13-15-8-3-2-7-14(15)9-6-12-18/h2-5,7-8,10-11H,12-13,18H2,1H3. The molecule has 0 heterocycles. The van der Waals surface area contributed by atoms with Gasteiger partial charge in [-0.2, -0.15) is 0 Å². The number of para-hydroxylation sites is 1. The van der Waals surface area contributed by atoms with Crippen molar-refractivity contribution in [3.63, 3.8) is 0 Å². The quantitative estimate of drug-likeness (QED) is 0.691. The molecule has 2 aromatic rings. The predicted octanol–water partition coefficient (Wildman–Crippen LogP) is 3.30. The van der Waals surface area contributed by atoms with Crippen molar-refractivity contribution in [1.29, 1.82) is 0 Å². The molecule has 0 aliphatic rings. The van der Waals surface area contributed by atoms with Gasteiger partial charge in [-0.05, 0) is 23.8 Å². The maximum atomic E-state index is 5.43. The Morgan fingerprint density at radius 1 is 1.10 bits per heavy atom. The summed E-state index contributed by atoms with van der Waals surface area (Å²) in [5.74, 6) is 7.79. The fraction of sp³-hybridized carbons (Fsp3) is 0.176. The van der Waals surface area contributed by atoms with Crippen LogP contribution in [0.4, 0.5) is 0 Å². The van der Waals surface area contributed by atoms with E-state index in [4.69, 9.17) is 10.5 Å². The van der Waals surface area contributed by atoms with Gasteiger partial charge in [-0.25, -0.2) is 0 Å². The molecule has 0 aliphatic carbocycles. The maximum absolute atomic E-state index is 5.43. The third-order valence-electron chi connectivity index (χ3n) is 2.79. The molecule has 2 N–H and O–H groups in total. The molecule has 0 amide bonds. The van der Waals surface area contributed by atoms with Crippen molar-refractivity contribution < 1.29 is 4.74 Å². The van der Waals surface area contributed by atoms with Crippen molar-refractivity contribution in [3.8, 4) is 17.6 Å². The molecule has 2 nitrogen and oxygen atoms in total. The number of methoxy groups -OCH3 is 1. The molecular weight excluding hydrogens is 266 g/mol. The summed E-state index contributed by atoms with van der Waals surface area (Å²) >= 11 is 1.75. The van der Waals surface area contributed by atoms with Crippen molar-refractivity contribution in [2.24, 2.45) is 5.73 Å². The van der Waals surface area contributed by atoms with Gasteiger partial charge < -0.3 is 10.5 Å². The van der Waals surface area contributed by atoms with Crippen LogP contribution in [0.1, 0.15) is 11.1 Å². The van der Waals surface area contributed by atoms with Gasteiger partial charge in [0.1, 0.15) is 5.75 Å². The van der Waals surface area contributed by atoms with Crippen LogP contribution in [0.5, 0.6) is 5.75 Å². The molecule has 20 heavy (non-hydrogen) atoms. The van der Waals surface area contributed by atoms with E-state index in [0.29, 0.717) is 6.54 Å². The molecule has 0 bridgehead atoms. The predicted molar refractivity (Wildman–Crippen MR) is 84.9 cm³/mol. The Morgan fingerprint density at radius 3 is 2.65 bits per heavy atom. The minimum absolute atomic E-state index is 0.383. The van der Waals surface area contributed by atoms with E-state index < -0.39 is 0 Å². The lowest BCUT2D eigenvalue weighted by atomic mass is 10.1. The summed E-state index contributed by atoms with van der Waals surface area (Å²) in [6.45, 7) is 0.383. The number of nitrogens with two attached hydrogens (primary N) is 1. The molecule has 0 aromatic heterocycles. The summed E-state index contributed by atoms with van der Waals surface area (Å²) in [5.41, 5.74) is 7.69. The molecular formula is C17H17NOS. The van der Waals surface area contributed by atoms with E-state index in [1.807, 2.05) is 36.4 Å². The highest BCUT2D eigenvalue weighted by atomic mass is 32.2. The Labute approximate surface area is 124 Å². The Kier molecular flexibility index (Phi) is 5.55. The van der Waals surface area contributed by atoms with E-state index in [1.54, 1.807) is 18.9 Å². The lowest BCUT2D eigenvalue weighted by Gasteiger charge is -2.08. The zero-order chi connectivity index (χ0) is 14.2. The number of ether oxygens (including phenoxy) is 1. The SMILES string of the molecule is COc1ccccc1SCc1ccccc1C#CCN. The monoisotopic (exact) mass is 283 g/mol. The van der Waals surface area contributed by atoms with Gasteiger partial charge in [-0.1, -0.05) is 42.2 Å². The third kappa shape index (κ3) is 3.80. The van der Waals surface area contributed by atoms with Crippen molar-refractivity contribution in [1.82, 2.24) is 0 Å². The molecule has 0 radical (unpaired) electrons. The molecule has 102 valence electrons. The number of thioether (sulfide) groups is 1. The van der Waals surface area contributed by atoms with Crippen molar-refractivity contribution in [2.75, 3.05) is 13.7 Å². The van der Waals surface area contributed by atoms with E-state index in [9.17, 15) is 0 Å². The van der Waals surface area contributed by atoms with Gasteiger partial charge in [0.25, 0.3) is 0 Å². The number of benzene rings is 2. The Hall–Kier alpha value is -1.89. The molecule has 3 heteroatoms. The average Bonchev–Trinajstić information content (AvgIpc) is 2.52. The minimum Gasteiger partial charge on any atom is -0.496 e. The van der Waals surface area contributed by atoms with Gasteiger partial charge in [-0.3, -0.25) is 0 Å². The van der Waals surface area contributed by atoms with E-state index in [0.717, 1.165) is 22.0 Å². The van der Waals surface area contributed by atoms with Crippen LogP contribution < -0.4 is 10.5 Å². The van der Waals surface area contributed by atoms with E-state index in [2.05, 4.69) is 24.0 Å². The molecule has 0 atom stereocenters. The Balaban J connectivity index is 2.15. The average molecular weight is 283 g/mol. The first-order valence-electron chi connectivity index (χ1n) is 6.38. The summed E-state index contributed by atoms with van der Waals surface area (Å²) in [5, 5.41) is 0. The van der Waals surface area contributed by atoms with Crippen LogP contribution in [0.25, 0.3) is 0 Å². The van der Waals surface area contributed by atoms with Gasteiger partial charge >= 0.3 is 0 Å². The first kappa shape index (κ1) is 14.5. The highest BCUT2D eigenvalue weighted by Crippen LogP contribution is 2.31. The number of rotatable bonds is 4. The van der Waals surface area contributed by atoms with Crippen LogP contribution in [0.2, 0.25) is 0 Å². The van der Waals surface area contributed by atoms with E-state index in [1.165, 1.54) is 5.56 Å². The second kappa shape index (κ2) is 7.64. The zero-order valence-corrected chi connectivity index (χ0v) is 12.2. The smallest absolute Gasteiger partial charge is 0.132 e. The van der Waals surface area contributed by atoms with Gasteiger partial charge in [0, 0.05) is 16.2 Å². The highest BCUT2D eigenvalue weighted by Gasteiger charge is 2.04. The Bertz CT molecular complexity index is 628. The van der Waals surface area contributed by atoms with Crippen LogP contribution in [0.15, 0.2) is 53.4 Å². The van der Waals surface area contributed by atoms with Gasteiger partial charge in [-0.15, -0.1) is 11.8 Å². The lowest BCUT2D eigenvalue weighted by Crippen LogP contribution is -1.94. The first-order chi connectivity index (χ1) is 9.85. The maximum Gasteiger partial charge on any atom is 0.132 e. The van der Waals surface area contributed by atoms with Crippen molar-refractivity contribution in [3.05, 3.63) is 59.7 Å². The van der Waals surface area contributed by atoms with E-state index in [-0.39, 0.29) is 0 Å². The summed E-state index contributed by atoms with van der Waals surface area (Å²) in [6, 6.07) is 16.2. The van der Waals surface area contributed by atoms with Crippen LogP contribution in [-0.2, 0) is 5.75 Å². The normalized spacial score (nSPS) is 9.70. The fourth-order valence-electron chi connectivity index (χ4n) is 1.81. The highest BCUT2D eigenvalue weighted by molar-refractivity contribution is 7.98.